The Labute approximate surface area is 119 Å². The molecule has 0 aliphatic carbocycles. The fourth-order valence-electron chi connectivity index (χ4n) is 1.69. The molecule has 0 radical (unpaired) electrons. The number of aromatic nitrogens is 2. The van der Waals surface area contributed by atoms with Gasteiger partial charge in [-0.25, -0.2) is 9.97 Å². The number of anilines is 2. The van der Waals surface area contributed by atoms with Crippen molar-refractivity contribution in [2.45, 2.75) is 32.8 Å². The molecule has 0 aliphatic heterocycles. The van der Waals surface area contributed by atoms with Crippen molar-refractivity contribution in [3.63, 3.8) is 0 Å². The first-order valence-corrected chi connectivity index (χ1v) is 7.90. The van der Waals surface area contributed by atoms with Gasteiger partial charge in [0.1, 0.15) is 18.0 Å². The van der Waals surface area contributed by atoms with E-state index in [0.29, 0.717) is 12.3 Å². The van der Waals surface area contributed by atoms with Gasteiger partial charge >= 0.3 is 0 Å². The van der Waals surface area contributed by atoms with E-state index in [1.165, 1.54) is 6.33 Å². The van der Waals surface area contributed by atoms with Crippen LogP contribution in [-0.2, 0) is 0 Å². The van der Waals surface area contributed by atoms with Gasteiger partial charge in [-0.3, -0.25) is 0 Å². The van der Waals surface area contributed by atoms with Crippen LogP contribution >= 0.6 is 11.8 Å². The molecule has 1 rings (SSSR count). The Morgan fingerprint density at radius 3 is 2.53 bits per heavy atom. The lowest BCUT2D eigenvalue weighted by Crippen LogP contribution is -2.36. The highest BCUT2D eigenvalue weighted by molar-refractivity contribution is 7.98. The molecule has 0 spiro atoms. The summed E-state index contributed by atoms with van der Waals surface area (Å²) in [6, 6.07) is 0. The van der Waals surface area contributed by atoms with Crippen molar-refractivity contribution in [2.24, 2.45) is 0 Å². The van der Waals surface area contributed by atoms with Gasteiger partial charge in [-0.05, 0) is 26.5 Å². The maximum absolute atomic E-state index is 10.1. The van der Waals surface area contributed by atoms with E-state index < -0.39 is 5.60 Å². The van der Waals surface area contributed by atoms with Crippen LogP contribution in [0.15, 0.2) is 6.33 Å². The lowest BCUT2D eigenvalue weighted by atomic mass is 10.1. The number of aliphatic hydroxyl groups is 1. The molecule has 5 nitrogen and oxygen atoms in total. The molecule has 19 heavy (non-hydrogen) atoms. The first-order chi connectivity index (χ1) is 9.00. The lowest BCUT2D eigenvalue weighted by Gasteiger charge is -2.23. The molecule has 0 amide bonds. The van der Waals surface area contributed by atoms with Gasteiger partial charge in [0.15, 0.2) is 0 Å². The Balaban J connectivity index is 2.68. The van der Waals surface area contributed by atoms with Crippen LogP contribution < -0.4 is 10.6 Å². The minimum absolute atomic E-state index is 0.471. The standard InChI is InChI=1S/C13H24N4OS/c1-5-6-14-11-10(2)12(17-9-16-11)15-7-13(3,18)8-19-4/h9,18H,5-8H2,1-4H3,(H2,14,15,16,17). The maximum Gasteiger partial charge on any atom is 0.134 e. The van der Waals surface area contributed by atoms with Gasteiger partial charge in [-0.1, -0.05) is 6.92 Å². The van der Waals surface area contributed by atoms with E-state index in [1.54, 1.807) is 11.8 Å². The first-order valence-electron chi connectivity index (χ1n) is 6.51. The van der Waals surface area contributed by atoms with E-state index in [2.05, 4.69) is 27.5 Å². The molecule has 0 aliphatic rings. The largest absolute Gasteiger partial charge is 0.387 e. The third-order valence-corrected chi connectivity index (χ3v) is 3.63. The zero-order chi connectivity index (χ0) is 14.3. The van der Waals surface area contributed by atoms with Crippen LogP contribution in [0.1, 0.15) is 25.8 Å². The molecular weight excluding hydrogens is 260 g/mol. The molecule has 0 aromatic carbocycles. The monoisotopic (exact) mass is 284 g/mol. The molecule has 6 heteroatoms. The highest BCUT2D eigenvalue weighted by Crippen LogP contribution is 2.19. The minimum atomic E-state index is -0.742. The highest BCUT2D eigenvalue weighted by atomic mass is 32.2. The van der Waals surface area contributed by atoms with Crippen molar-refractivity contribution in [3.8, 4) is 0 Å². The molecule has 1 aromatic heterocycles. The molecular formula is C13H24N4OS. The van der Waals surface area contributed by atoms with Gasteiger partial charge < -0.3 is 15.7 Å². The quantitative estimate of drug-likeness (QED) is 0.679. The van der Waals surface area contributed by atoms with Crippen molar-refractivity contribution < 1.29 is 5.11 Å². The molecule has 1 aromatic rings. The van der Waals surface area contributed by atoms with Crippen LogP contribution in [0.25, 0.3) is 0 Å². The van der Waals surface area contributed by atoms with E-state index in [4.69, 9.17) is 0 Å². The number of nitrogens with zero attached hydrogens (tertiary/aromatic N) is 2. The average Bonchev–Trinajstić information content (AvgIpc) is 2.36. The predicted octanol–water partition coefficient (Wildman–Crippen LogP) is 2.13. The summed E-state index contributed by atoms with van der Waals surface area (Å²) in [5.41, 5.74) is 0.240. The van der Waals surface area contributed by atoms with E-state index in [1.807, 2.05) is 20.1 Å². The van der Waals surface area contributed by atoms with Gasteiger partial charge in [0.05, 0.1) is 5.60 Å². The Morgan fingerprint density at radius 1 is 1.32 bits per heavy atom. The summed E-state index contributed by atoms with van der Waals surface area (Å²) in [6.45, 7) is 7.27. The van der Waals surface area contributed by atoms with E-state index in [-0.39, 0.29) is 0 Å². The van der Waals surface area contributed by atoms with Gasteiger partial charge in [0, 0.05) is 24.4 Å². The fourth-order valence-corrected chi connectivity index (χ4v) is 2.41. The second kappa shape index (κ2) is 7.55. The molecule has 1 unspecified atom stereocenters. The summed E-state index contributed by atoms with van der Waals surface area (Å²) in [5, 5.41) is 16.6. The average molecular weight is 284 g/mol. The normalized spacial score (nSPS) is 13.9. The summed E-state index contributed by atoms with van der Waals surface area (Å²) >= 11 is 1.63. The maximum atomic E-state index is 10.1. The molecule has 0 bridgehead atoms. The van der Waals surface area contributed by atoms with E-state index in [9.17, 15) is 5.11 Å². The first kappa shape index (κ1) is 16.0. The molecule has 3 N–H and O–H groups in total. The van der Waals surface area contributed by atoms with Gasteiger partial charge in [0.2, 0.25) is 0 Å². The van der Waals surface area contributed by atoms with E-state index in [0.717, 1.165) is 30.2 Å². The van der Waals surface area contributed by atoms with Gasteiger partial charge in [0.25, 0.3) is 0 Å². The lowest BCUT2D eigenvalue weighted by molar-refractivity contribution is 0.0996. The second-order valence-corrected chi connectivity index (χ2v) is 5.77. The summed E-state index contributed by atoms with van der Waals surface area (Å²) in [5.74, 6) is 2.31. The van der Waals surface area contributed by atoms with E-state index >= 15 is 0 Å². The Kier molecular flexibility index (Phi) is 6.37. The summed E-state index contributed by atoms with van der Waals surface area (Å²) in [4.78, 5) is 8.46. The summed E-state index contributed by atoms with van der Waals surface area (Å²) in [7, 11) is 0. The van der Waals surface area contributed by atoms with Gasteiger partial charge in [-0.15, -0.1) is 0 Å². The Hall–Kier alpha value is -1.01. The molecule has 1 heterocycles. The van der Waals surface area contributed by atoms with Crippen molar-refractivity contribution in [3.05, 3.63) is 11.9 Å². The third kappa shape index (κ3) is 5.24. The number of rotatable bonds is 8. The van der Waals surface area contributed by atoms with Gasteiger partial charge in [-0.2, -0.15) is 11.8 Å². The topological polar surface area (TPSA) is 70.1 Å². The molecule has 0 saturated carbocycles. The molecule has 1 atom stereocenters. The van der Waals surface area contributed by atoms with Crippen LogP contribution in [0, 0.1) is 6.92 Å². The fraction of sp³-hybridized carbons (Fsp3) is 0.692. The zero-order valence-electron chi connectivity index (χ0n) is 12.2. The number of hydrogen-bond acceptors (Lipinski definition) is 6. The third-order valence-electron chi connectivity index (χ3n) is 2.72. The SMILES string of the molecule is CCCNc1ncnc(NCC(C)(O)CSC)c1C. The number of nitrogens with one attached hydrogen (secondary N) is 2. The van der Waals surface area contributed by atoms with Crippen LogP contribution in [0.3, 0.4) is 0 Å². The minimum Gasteiger partial charge on any atom is -0.387 e. The smallest absolute Gasteiger partial charge is 0.134 e. The molecule has 0 saturated heterocycles. The predicted molar refractivity (Wildman–Crippen MR) is 83.0 cm³/mol. The van der Waals surface area contributed by atoms with Crippen LogP contribution in [0.5, 0.6) is 0 Å². The molecule has 0 fully saturated rings. The second-order valence-electron chi connectivity index (χ2n) is 4.91. The number of thioether (sulfide) groups is 1. The van der Waals surface area contributed by atoms with Crippen LogP contribution in [0.2, 0.25) is 0 Å². The summed E-state index contributed by atoms with van der Waals surface area (Å²) in [6.07, 6.45) is 4.57. The summed E-state index contributed by atoms with van der Waals surface area (Å²) < 4.78 is 0. The number of hydrogen-bond donors (Lipinski definition) is 3. The van der Waals surface area contributed by atoms with Crippen molar-refractivity contribution in [1.82, 2.24) is 9.97 Å². The van der Waals surface area contributed by atoms with Crippen LogP contribution in [0.4, 0.5) is 11.6 Å². The van der Waals surface area contributed by atoms with Crippen molar-refractivity contribution >= 4 is 23.4 Å². The van der Waals surface area contributed by atoms with Crippen molar-refractivity contribution in [1.29, 1.82) is 0 Å². The molecule has 108 valence electrons. The van der Waals surface area contributed by atoms with Crippen LogP contribution in [-0.4, -0.2) is 45.8 Å². The zero-order valence-corrected chi connectivity index (χ0v) is 13.0. The Morgan fingerprint density at radius 2 is 1.95 bits per heavy atom. The van der Waals surface area contributed by atoms with Crippen molar-refractivity contribution in [2.75, 3.05) is 35.7 Å². The highest BCUT2D eigenvalue weighted by Gasteiger charge is 2.20. The Bertz CT molecular complexity index is 398.